The Morgan fingerprint density at radius 2 is 2.19 bits per heavy atom. The molecule has 26 heavy (non-hydrogen) atoms. The van der Waals surface area contributed by atoms with Crippen LogP contribution in [0.5, 0.6) is 0 Å². The number of aromatic nitrogens is 1. The lowest BCUT2D eigenvalue weighted by molar-refractivity contribution is -0.137. The summed E-state index contributed by atoms with van der Waals surface area (Å²) in [6.45, 7) is 3.14. The maximum Gasteiger partial charge on any atom is 0.303 e. The monoisotopic (exact) mass is 393 g/mol. The normalized spacial score (nSPS) is 19.5. The van der Waals surface area contributed by atoms with Crippen LogP contribution in [0.15, 0.2) is 23.2 Å². The first-order chi connectivity index (χ1) is 12.6. The first-order valence-corrected chi connectivity index (χ1v) is 9.53. The fourth-order valence-electron chi connectivity index (χ4n) is 2.78. The molecule has 7 nitrogen and oxygen atoms in total. The smallest absolute Gasteiger partial charge is 0.303 e. The average Bonchev–Trinajstić information content (AvgIpc) is 2.90. The second-order valence-corrected chi connectivity index (χ2v) is 7.52. The number of rotatable bonds is 6. The molecule has 1 aromatic rings. The van der Waals surface area contributed by atoms with Gasteiger partial charge in [-0.15, -0.1) is 0 Å². The predicted molar refractivity (Wildman–Crippen MR) is 104 cm³/mol. The van der Waals surface area contributed by atoms with Crippen molar-refractivity contribution in [3.8, 4) is 0 Å². The number of anilines is 1. The molecule has 1 aromatic heterocycles. The van der Waals surface area contributed by atoms with Gasteiger partial charge < -0.3 is 14.7 Å². The van der Waals surface area contributed by atoms with Crippen LogP contribution >= 0.6 is 24.0 Å². The molecular weight excluding hydrogens is 374 g/mol. The number of carbonyl (C=O) groups is 2. The third-order valence-corrected chi connectivity index (χ3v) is 5.44. The van der Waals surface area contributed by atoms with E-state index in [1.165, 1.54) is 16.7 Å². The quantitative estimate of drug-likeness (QED) is 0.580. The van der Waals surface area contributed by atoms with Crippen LogP contribution in [0.1, 0.15) is 18.4 Å². The lowest BCUT2D eigenvalue weighted by atomic mass is 10.2. The van der Waals surface area contributed by atoms with Crippen LogP contribution in [0.4, 0.5) is 5.82 Å². The van der Waals surface area contributed by atoms with Crippen molar-refractivity contribution in [2.45, 2.75) is 12.8 Å². The number of ether oxygens (including phenoxy) is 1. The number of aliphatic carboxylic acids is 1. The largest absolute Gasteiger partial charge is 0.481 e. The Bertz CT molecular complexity index is 747. The van der Waals surface area contributed by atoms with Gasteiger partial charge in [-0.2, -0.15) is 0 Å². The van der Waals surface area contributed by atoms with Gasteiger partial charge in [0.1, 0.15) is 10.1 Å². The predicted octanol–water partition coefficient (Wildman–Crippen LogP) is 1.98. The molecule has 3 heterocycles. The Hall–Kier alpha value is -1.97. The van der Waals surface area contributed by atoms with Crippen LogP contribution in [0, 0.1) is 0 Å². The molecule has 2 fully saturated rings. The van der Waals surface area contributed by atoms with Crippen molar-refractivity contribution in [2.24, 2.45) is 0 Å². The van der Waals surface area contributed by atoms with E-state index in [9.17, 15) is 9.59 Å². The van der Waals surface area contributed by atoms with Crippen LogP contribution in [0.25, 0.3) is 6.08 Å². The van der Waals surface area contributed by atoms with Gasteiger partial charge in [-0.3, -0.25) is 14.5 Å². The third kappa shape index (κ3) is 4.40. The zero-order chi connectivity index (χ0) is 18.5. The standard InChI is InChI=1S/C17H19N3O4S2/c21-14(22)4-2-6-20-16(23)13(26-17(20)25)11-12-3-1-5-18-15(12)19-7-9-24-10-8-19/h1,3,5,11H,2,4,6-10H2,(H,21,22). The Labute approximate surface area is 161 Å². The fourth-order valence-corrected chi connectivity index (χ4v) is 4.08. The number of thioether (sulfide) groups is 1. The summed E-state index contributed by atoms with van der Waals surface area (Å²) in [5.74, 6) is -0.231. The molecule has 2 aliphatic heterocycles. The van der Waals surface area contributed by atoms with Gasteiger partial charge in [-0.1, -0.05) is 24.0 Å². The Kier molecular flexibility index (Phi) is 6.23. The zero-order valence-corrected chi connectivity index (χ0v) is 15.7. The minimum absolute atomic E-state index is 0.0138. The summed E-state index contributed by atoms with van der Waals surface area (Å²) in [6.07, 6.45) is 3.94. The molecule has 0 aliphatic carbocycles. The summed E-state index contributed by atoms with van der Waals surface area (Å²) < 4.78 is 5.85. The molecule has 2 aliphatic rings. The third-order valence-electron chi connectivity index (χ3n) is 4.06. The topological polar surface area (TPSA) is 83.0 Å². The Morgan fingerprint density at radius 1 is 1.42 bits per heavy atom. The van der Waals surface area contributed by atoms with Crippen molar-refractivity contribution in [3.05, 3.63) is 28.8 Å². The van der Waals surface area contributed by atoms with Crippen molar-refractivity contribution in [3.63, 3.8) is 0 Å². The van der Waals surface area contributed by atoms with Gasteiger partial charge >= 0.3 is 5.97 Å². The van der Waals surface area contributed by atoms with Gasteiger partial charge in [-0.25, -0.2) is 4.98 Å². The number of hydrogen-bond acceptors (Lipinski definition) is 7. The van der Waals surface area contributed by atoms with E-state index in [2.05, 4.69) is 9.88 Å². The van der Waals surface area contributed by atoms with Crippen LogP contribution < -0.4 is 4.90 Å². The average molecular weight is 393 g/mol. The van der Waals surface area contributed by atoms with E-state index in [1.54, 1.807) is 6.20 Å². The Morgan fingerprint density at radius 3 is 2.92 bits per heavy atom. The number of amides is 1. The van der Waals surface area contributed by atoms with E-state index in [0.717, 1.165) is 24.5 Å². The van der Waals surface area contributed by atoms with Crippen LogP contribution in [-0.4, -0.2) is 64.0 Å². The molecule has 0 spiro atoms. The highest BCUT2D eigenvalue weighted by Gasteiger charge is 2.32. The molecule has 3 rings (SSSR count). The molecule has 0 unspecified atom stereocenters. The number of carboxylic acid groups (broad SMARTS) is 1. The number of morpholine rings is 1. The van der Waals surface area contributed by atoms with Gasteiger partial charge in [0.25, 0.3) is 5.91 Å². The van der Waals surface area contributed by atoms with E-state index in [4.69, 9.17) is 22.1 Å². The number of hydrogen-bond donors (Lipinski definition) is 1. The molecule has 1 amide bonds. The van der Waals surface area contributed by atoms with Crippen molar-refractivity contribution < 1.29 is 19.4 Å². The Balaban J connectivity index is 1.77. The molecule has 1 N–H and O–H groups in total. The van der Waals surface area contributed by atoms with E-state index in [1.807, 2.05) is 18.2 Å². The second-order valence-electron chi connectivity index (χ2n) is 5.85. The van der Waals surface area contributed by atoms with Crippen LogP contribution in [0.2, 0.25) is 0 Å². The molecule has 0 aromatic carbocycles. The number of carboxylic acids is 1. The van der Waals surface area contributed by atoms with Crippen molar-refractivity contribution in [1.29, 1.82) is 0 Å². The number of pyridine rings is 1. The molecule has 138 valence electrons. The molecular formula is C17H19N3O4S2. The number of thiocarbonyl (C=S) groups is 1. The lowest BCUT2D eigenvalue weighted by Crippen LogP contribution is -2.37. The van der Waals surface area contributed by atoms with E-state index < -0.39 is 5.97 Å². The second kappa shape index (κ2) is 8.61. The SMILES string of the molecule is O=C(O)CCCN1C(=O)C(=Cc2cccnc2N2CCOCC2)SC1=S. The van der Waals surface area contributed by atoms with E-state index in [-0.39, 0.29) is 12.3 Å². The highest BCUT2D eigenvalue weighted by atomic mass is 32.2. The maximum absolute atomic E-state index is 12.6. The molecule has 9 heteroatoms. The van der Waals surface area contributed by atoms with Crippen LogP contribution in [0.3, 0.4) is 0 Å². The van der Waals surface area contributed by atoms with Crippen molar-refractivity contribution in [1.82, 2.24) is 9.88 Å². The van der Waals surface area contributed by atoms with Gasteiger partial charge in [0, 0.05) is 37.8 Å². The number of nitrogens with zero attached hydrogens (tertiary/aromatic N) is 3. The zero-order valence-electron chi connectivity index (χ0n) is 14.1. The summed E-state index contributed by atoms with van der Waals surface area (Å²) in [5, 5.41) is 8.75. The summed E-state index contributed by atoms with van der Waals surface area (Å²) in [4.78, 5) is 31.9. The van der Waals surface area contributed by atoms with Crippen molar-refractivity contribution in [2.75, 3.05) is 37.7 Å². The van der Waals surface area contributed by atoms with Gasteiger partial charge in [0.15, 0.2) is 0 Å². The van der Waals surface area contributed by atoms with Crippen LogP contribution in [-0.2, 0) is 14.3 Å². The fraction of sp³-hybridized carbons (Fsp3) is 0.412. The minimum Gasteiger partial charge on any atom is -0.481 e. The summed E-state index contributed by atoms with van der Waals surface area (Å²) >= 11 is 6.53. The molecule has 0 atom stereocenters. The molecule has 2 saturated heterocycles. The van der Waals surface area contributed by atoms with Gasteiger partial charge in [0.2, 0.25) is 0 Å². The van der Waals surface area contributed by atoms with Crippen molar-refractivity contribution >= 4 is 52.1 Å². The summed E-state index contributed by atoms with van der Waals surface area (Å²) in [5.41, 5.74) is 0.862. The first kappa shape index (κ1) is 18.8. The summed E-state index contributed by atoms with van der Waals surface area (Å²) in [6, 6.07) is 3.76. The first-order valence-electron chi connectivity index (χ1n) is 8.31. The van der Waals surface area contributed by atoms with E-state index >= 15 is 0 Å². The van der Waals surface area contributed by atoms with Gasteiger partial charge in [0.05, 0.1) is 18.1 Å². The highest BCUT2D eigenvalue weighted by Crippen LogP contribution is 2.34. The molecule has 0 saturated carbocycles. The molecule has 0 radical (unpaired) electrons. The van der Waals surface area contributed by atoms with E-state index in [0.29, 0.717) is 35.4 Å². The minimum atomic E-state index is -0.878. The summed E-state index contributed by atoms with van der Waals surface area (Å²) in [7, 11) is 0. The highest BCUT2D eigenvalue weighted by molar-refractivity contribution is 8.26. The maximum atomic E-state index is 12.6. The molecule has 0 bridgehead atoms. The van der Waals surface area contributed by atoms with Gasteiger partial charge in [-0.05, 0) is 24.6 Å². The lowest BCUT2D eigenvalue weighted by Gasteiger charge is -2.28. The number of carbonyl (C=O) groups excluding carboxylic acids is 1.